The zero-order chi connectivity index (χ0) is 9.80. The van der Waals surface area contributed by atoms with Gasteiger partial charge in [0.15, 0.2) is 0 Å². The number of imidazole rings is 1. The van der Waals surface area contributed by atoms with Crippen molar-refractivity contribution in [3.63, 3.8) is 0 Å². The Morgan fingerprint density at radius 2 is 2.00 bits per heavy atom. The maximum atomic E-state index is 5.27. The standard InChI is InChI=1S/C10H12N4.ClH/c11-13-10-3-1-9(2-4-10)7-14-6-5-12-8-14;/h1-6,8,13H,7,11H2;1H. The van der Waals surface area contributed by atoms with Crippen molar-refractivity contribution in [3.8, 4) is 0 Å². The quantitative estimate of drug-likeness (QED) is 0.616. The fraction of sp³-hybridized carbons (Fsp3) is 0.100. The van der Waals surface area contributed by atoms with Gasteiger partial charge in [-0.3, -0.25) is 5.84 Å². The second-order valence-electron chi connectivity index (χ2n) is 3.08. The maximum absolute atomic E-state index is 5.27. The average Bonchev–Trinajstić information content (AvgIpc) is 2.72. The second-order valence-corrected chi connectivity index (χ2v) is 3.08. The minimum atomic E-state index is 0. The van der Waals surface area contributed by atoms with Crippen LogP contribution >= 0.6 is 12.4 Å². The van der Waals surface area contributed by atoms with Crippen molar-refractivity contribution >= 4 is 18.1 Å². The molecule has 5 heteroatoms. The SMILES string of the molecule is Cl.NNc1ccc(Cn2ccnc2)cc1. The number of hydrazine groups is 1. The summed E-state index contributed by atoms with van der Waals surface area (Å²) in [5, 5.41) is 0. The molecular formula is C10H13ClN4. The Labute approximate surface area is 94.5 Å². The number of halogens is 1. The van der Waals surface area contributed by atoms with E-state index in [0.29, 0.717) is 0 Å². The van der Waals surface area contributed by atoms with Crippen LogP contribution in [0.15, 0.2) is 43.0 Å². The number of anilines is 1. The van der Waals surface area contributed by atoms with E-state index in [1.54, 1.807) is 12.5 Å². The van der Waals surface area contributed by atoms with E-state index in [2.05, 4.69) is 10.4 Å². The largest absolute Gasteiger partial charge is 0.333 e. The number of rotatable bonds is 3. The first-order chi connectivity index (χ1) is 6.88. The van der Waals surface area contributed by atoms with Gasteiger partial charge >= 0.3 is 0 Å². The summed E-state index contributed by atoms with van der Waals surface area (Å²) in [6, 6.07) is 7.98. The van der Waals surface area contributed by atoms with Gasteiger partial charge < -0.3 is 9.99 Å². The number of nitrogen functional groups attached to an aromatic ring is 1. The monoisotopic (exact) mass is 224 g/mol. The number of benzene rings is 1. The minimum Gasteiger partial charge on any atom is -0.333 e. The van der Waals surface area contributed by atoms with Crippen molar-refractivity contribution in [1.82, 2.24) is 9.55 Å². The molecule has 2 aromatic rings. The molecular weight excluding hydrogens is 212 g/mol. The number of hydrogen-bond donors (Lipinski definition) is 2. The van der Waals surface area contributed by atoms with Crippen molar-refractivity contribution in [2.45, 2.75) is 6.54 Å². The van der Waals surface area contributed by atoms with Crippen LogP contribution in [0.4, 0.5) is 5.69 Å². The first-order valence-electron chi connectivity index (χ1n) is 4.40. The van der Waals surface area contributed by atoms with Crippen molar-refractivity contribution in [3.05, 3.63) is 48.5 Å². The fourth-order valence-electron chi connectivity index (χ4n) is 1.30. The molecule has 3 N–H and O–H groups in total. The smallest absolute Gasteiger partial charge is 0.0949 e. The molecule has 0 saturated carbocycles. The molecule has 80 valence electrons. The molecule has 0 fully saturated rings. The summed E-state index contributed by atoms with van der Waals surface area (Å²) in [7, 11) is 0. The highest BCUT2D eigenvalue weighted by Gasteiger charge is 1.94. The molecule has 0 saturated heterocycles. The second kappa shape index (κ2) is 5.38. The van der Waals surface area contributed by atoms with E-state index in [-0.39, 0.29) is 12.4 Å². The summed E-state index contributed by atoms with van der Waals surface area (Å²) in [6.45, 7) is 0.838. The molecule has 1 heterocycles. The molecule has 0 bridgehead atoms. The van der Waals surface area contributed by atoms with Gasteiger partial charge in [0.25, 0.3) is 0 Å². The van der Waals surface area contributed by atoms with Crippen molar-refractivity contribution < 1.29 is 0 Å². The highest BCUT2D eigenvalue weighted by molar-refractivity contribution is 5.85. The van der Waals surface area contributed by atoms with E-state index < -0.39 is 0 Å². The van der Waals surface area contributed by atoms with Crippen LogP contribution in [0.25, 0.3) is 0 Å². The third-order valence-electron chi connectivity index (χ3n) is 2.04. The minimum absolute atomic E-state index is 0. The van der Waals surface area contributed by atoms with Crippen LogP contribution in [-0.4, -0.2) is 9.55 Å². The summed E-state index contributed by atoms with van der Waals surface area (Å²) in [5.74, 6) is 5.27. The molecule has 0 unspecified atom stereocenters. The lowest BCUT2D eigenvalue weighted by Gasteiger charge is -2.04. The first-order valence-corrected chi connectivity index (χ1v) is 4.40. The Balaban J connectivity index is 0.00000112. The Morgan fingerprint density at radius 3 is 2.53 bits per heavy atom. The van der Waals surface area contributed by atoms with Gasteiger partial charge in [-0.25, -0.2) is 4.98 Å². The summed E-state index contributed by atoms with van der Waals surface area (Å²) in [4.78, 5) is 3.98. The number of hydrogen-bond acceptors (Lipinski definition) is 3. The normalized spacial score (nSPS) is 9.40. The fourth-order valence-corrected chi connectivity index (χ4v) is 1.30. The lowest BCUT2D eigenvalue weighted by atomic mass is 10.2. The van der Waals surface area contributed by atoms with Gasteiger partial charge in [0.1, 0.15) is 0 Å². The number of nitrogens with one attached hydrogen (secondary N) is 1. The molecule has 0 atom stereocenters. The number of nitrogens with zero attached hydrogens (tertiary/aromatic N) is 2. The van der Waals surface area contributed by atoms with Crippen LogP contribution in [0.1, 0.15) is 5.56 Å². The van der Waals surface area contributed by atoms with E-state index in [1.165, 1.54) is 5.56 Å². The van der Waals surface area contributed by atoms with Crippen molar-refractivity contribution in [2.24, 2.45) is 5.84 Å². The number of aromatic nitrogens is 2. The van der Waals surface area contributed by atoms with Crippen LogP contribution < -0.4 is 11.3 Å². The van der Waals surface area contributed by atoms with Gasteiger partial charge in [-0.2, -0.15) is 0 Å². The van der Waals surface area contributed by atoms with Crippen LogP contribution in [0.5, 0.6) is 0 Å². The Kier molecular flexibility index (Phi) is 4.15. The van der Waals surface area contributed by atoms with Gasteiger partial charge in [-0.15, -0.1) is 12.4 Å². The lowest BCUT2D eigenvalue weighted by molar-refractivity contribution is 0.797. The molecule has 2 rings (SSSR count). The summed E-state index contributed by atoms with van der Waals surface area (Å²) >= 11 is 0. The summed E-state index contributed by atoms with van der Waals surface area (Å²) in [6.07, 6.45) is 5.51. The molecule has 0 spiro atoms. The van der Waals surface area contributed by atoms with E-state index in [9.17, 15) is 0 Å². The van der Waals surface area contributed by atoms with Gasteiger partial charge in [0.05, 0.1) is 6.33 Å². The number of nitrogens with two attached hydrogens (primary N) is 1. The molecule has 0 amide bonds. The predicted molar refractivity (Wildman–Crippen MR) is 62.8 cm³/mol. The highest BCUT2D eigenvalue weighted by Crippen LogP contribution is 2.08. The van der Waals surface area contributed by atoms with E-state index in [0.717, 1.165) is 12.2 Å². The Morgan fingerprint density at radius 1 is 1.27 bits per heavy atom. The summed E-state index contributed by atoms with van der Waals surface area (Å²) in [5.41, 5.74) is 4.73. The molecule has 0 aliphatic heterocycles. The third kappa shape index (κ3) is 2.97. The third-order valence-corrected chi connectivity index (χ3v) is 2.04. The van der Waals surface area contributed by atoms with Crippen LogP contribution in [0, 0.1) is 0 Å². The molecule has 4 nitrogen and oxygen atoms in total. The zero-order valence-electron chi connectivity index (χ0n) is 8.13. The Hall–Kier alpha value is -1.52. The highest BCUT2D eigenvalue weighted by atomic mass is 35.5. The van der Waals surface area contributed by atoms with Crippen molar-refractivity contribution in [2.75, 3.05) is 5.43 Å². The van der Waals surface area contributed by atoms with Crippen molar-refractivity contribution in [1.29, 1.82) is 0 Å². The topological polar surface area (TPSA) is 55.9 Å². The Bertz CT molecular complexity index is 382. The molecule has 15 heavy (non-hydrogen) atoms. The van der Waals surface area contributed by atoms with Gasteiger partial charge in [0, 0.05) is 24.6 Å². The first kappa shape index (κ1) is 11.6. The average molecular weight is 225 g/mol. The summed E-state index contributed by atoms with van der Waals surface area (Å²) < 4.78 is 2.02. The molecule has 1 aromatic heterocycles. The van der Waals surface area contributed by atoms with E-state index in [4.69, 9.17) is 5.84 Å². The van der Waals surface area contributed by atoms with Gasteiger partial charge in [-0.05, 0) is 17.7 Å². The molecule has 0 radical (unpaired) electrons. The van der Waals surface area contributed by atoms with Gasteiger partial charge in [-0.1, -0.05) is 12.1 Å². The molecule has 0 aliphatic carbocycles. The van der Waals surface area contributed by atoms with Crippen LogP contribution in [-0.2, 0) is 6.54 Å². The molecule has 0 aliphatic rings. The maximum Gasteiger partial charge on any atom is 0.0949 e. The lowest BCUT2D eigenvalue weighted by Crippen LogP contribution is -2.06. The van der Waals surface area contributed by atoms with Gasteiger partial charge in [0.2, 0.25) is 0 Å². The van der Waals surface area contributed by atoms with E-state index in [1.807, 2.05) is 35.0 Å². The van der Waals surface area contributed by atoms with Crippen LogP contribution in [0.3, 0.4) is 0 Å². The molecule has 1 aromatic carbocycles. The zero-order valence-corrected chi connectivity index (χ0v) is 8.95. The predicted octanol–water partition coefficient (Wildman–Crippen LogP) is 1.64. The van der Waals surface area contributed by atoms with E-state index >= 15 is 0 Å². The van der Waals surface area contributed by atoms with Crippen LogP contribution in [0.2, 0.25) is 0 Å².